The van der Waals surface area contributed by atoms with Gasteiger partial charge in [-0.2, -0.15) is 0 Å². The maximum atomic E-state index is 11.7. The third-order valence-corrected chi connectivity index (χ3v) is 3.24. The number of carbonyl (C=O) groups is 2. The number of anilines is 2. The van der Waals surface area contributed by atoms with E-state index in [9.17, 15) is 9.59 Å². The fourth-order valence-corrected chi connectivity index (χ4v) is 2.13. The number of carbonyl (C=O) groups excluding carboxylic acids is 2. The monoisotopic (exact) mass is 333 g/mol. The van der Waals surface area contributed by atoms with Gasteiger partial charge >= 0.3 is 5.97 Å². The summed E-state index contributed by atoms with van der Waals surface area (Å²) in [5.41, 5.74) is 2.12. The summed E-state index contributed by atoms with van der Waals surface area (Å²) in [5.74, 6) is -0.434. The van der Waals surface area contributed by atoms with E-state index in [4.69, 9.17) is 4.74 Å². The molecule has 0 fully saturated rings. The molecule has 2 rings (SSSR count). The number of halogens is 1. The number of aldehydes is 1. The maximum absolute atomic E-state index is 11.7. The smallest absolute Gasteiger partial charge is 0.339 e. The van der Waals surface area contributed by atoms with E-state index in [1.807, 2.05) is 0 Å². The molecule has 0 amide bonds. The Kier molecular flexibility index (Phi) is 4.53. The molecule has 0 radical (unpaired) electrons. The van der Waals surface area contributed by atoms with Gasteiger partial charge in [0.1, 0.15) is 0 Å². The van der Waals surface area contributed by atoms with Gasteiger partial charge in [-0.05, 0) is 30.3 Å². The molecule has 0 saturated carbocycles. The number of rotatable bonds is 4. The highest BCUT2D eigenvalue weighted by atomic mass is 79.9. The van der Waals surface area contributed by atoms with Crippen LogP contribution >= 0.6 is 15.9 Å². The Morgan fingerprint density at radius 1 is 1.20 bits per heavy atom. The Bertz CT molecular complexity index is 655. The van der Waals surface area contributed by atoms with E-state index in [0.717, 1.165) is 10.8 Å². The second kappa shape index (κ2) is 6.34. The molecule has 2 aromatic rings. The average Bonchev–Trinajstić information content (AvgIpc) is 2.47. The van der Waals surface area contributed by atoms with Crippen molar-refractivity contribution in [2.75, 3.05) is 12.4 Å². The van der Waals surface area contributed by atoms with Crippen LogP contribution in [-0.4, -0.2) is 19.4 Å². The zero-order valence-electron chi connectivity index (χ0n) is 10.7. The molecule has 0 spiro atoms. The average molecular weight is 334 g/mol. The molecule has 102 valence electrons. The molecule has 0 atom stereocenters. The molecule has 0 aliphatic carbocycles. The Labute approximate surface area is 124 Å². The van der Waals surface area contributed by atoms with Crippen LogP contribution in [0.25, 0.3) is 0 Å². The SMILES string of the molecule is COC(=O)c1ccccc1Nc1cc(Br)ccc1C=O. The molecule has 0 aromatic heterocycles. The molecule has 0 unspecified atom stereocenters. The number of hydrogen-bond acceptors (Lipinski definition) is 4. The Morgan fingerprint density at radius 3 is 2.65 bits per heavy atom. The van der Waals surface area contributed by atoms with E-state index in [-0.39, 0.29) is 0 Å². The highest BCUT2D eigenvalue weighted by Gasteiger charge is 2.12. The van der Waals surface area contributed by atoms with Crippen molar-refractivity contribution in [2.24, 2.45) is 0 Å². The zero-order chi connectivity index (χ0) is 14.5. The Balaban J connectivity index is 2.42. The molecule has 0 saturated heterocycles. The van der Waals surface area contributed by atoms with Crippen molar-refractivity contribution in [3.63, 3.8) is 0 Å². The van der Waals surface area contributed by atoms with Crippen LogP contribution in [0.3, 0.4) is 0 Å². The summed E-state index contributed by atoms with van der Waals surface area (Å²) in [6, 6.07) is 12.2. The normalized spacial score (nSPS) is 9.90. The van der Waals surface area contributed by atoms with Gasteiger partial charge in [0.15, 0.2) is 6.29 Å². The predicted octanol–water partition coefficient (Wildman–Crippen LogP) is 3.79. The first-order valence-corrected chi connectivity index (χ1v) is 6.64. The lowest BCUT2D eigenvalue weighted by Gasteiger charge is -2.12. The number of ether oxygens (including phenoxy) is 1. The third kappa shape index (κ3) is 3.05. The van der Waals surface area contributed by atoms with Gasteiger partial charge in [-0.3, -0.25) is 4.79 Å². The van der Waals surface area contributed by atoms with Gasteiger partial charge in [-0.25, -0.2) is 4.79 Å². The van der Waals surface area contributed by atoms with Crippen molar-refractivity contribution >= 4 is 39.6 Å². The fourth-order valence-electron chi connectivity index (χ4n) is 1.76. The minimum atomic E-state index is -0.434. The summed E-state index contributed by atoms with van der Waals surface area (Å²) < 4.78 is 5.57. The first-order valence-electron chi connectivity index (χ1n) is 5.85. The lowest BCUT2D eigenvalue weighted by Crippen LogP contribution is -2.06. The van der Waals surface area contributed by atoms with E-state index in [1.54, 1.807) is 42.5 Å². The first kappa shape index (κ1) is 14.3. The number of esters is 1. The van der Waals surface area contributed by atoms with Crippen molar-refractivity contribution in [3.05, 3.63) is 58.1 Å². The van der Waals surface area contributed by atoms with Gasteiger partial charge in [-0.1, -0.05) is 28.1 Å². The van der Waals surface area contributed by atoms with Crippen LogP contribution in [0.2, 0.25) is 0 Å². The number of nitrogens with one attached hydrogen (secondary N) is 1. The molecular formula is C15H12BrNO3. The maximum Gasteiger partial charge on any atom is 0.339 e. The fraction of sp³-hybridized carbons (Fsp3) is 0.0667. The van der Waals surface area contributed by atoms with E-state index < -0.39 is 5.97 Å². The summed E-state index contributed by atoms with van der Waals surface area (Å²) >= 11 is 3.35. The van der Waals surface area contributed by atoms with Crippen LogP contribution in [0.4, 0.5) is 11.4 Å². The number of methoxy groups -OCH3 is 1. The van der Waals surface area contributed by atoms with E-state index >= 15 is 0 Å². The van der Waals surface area contributed by atoms with Crippen molar-refractivity contribution in [1.82, 2.24) is 0 Å². The summed E-state index contributed by atoms with van der Waals surface area (Å²) in [5, 5.41) is 3.09. The van der Waals surface area contributed by atoms with Crippen LogP contribution in [0.15, 0.2) is 46.9 Å². The summed E-state index contributed by atoms with van der Waals surface area (Å²) in [6.07, 6.45) is 0.759. The van der Waals surface area contributed by atoms with Crippen LogP contribution < -0.4 is 5.32 Å². The second-order valence-electron chi connectivity index (χ2n) is 4.01. The van der Waals surface area contributed by atoms with Crippen molar-refractivity contribution in [3.8, 4) is 0 Å². The predicted molar refractivity (Wildman–Crippen MR) is 80.6 cm³/mol. The highest BCUT2D eigenvalue weighted by molar-refractivity contribution is 9.10. The van der Waals surface area contributed by atoms with Crippen molar-refractivity contribution < 1.29 is 14.3 Å². The Morgan fingerprint density at radius 2 is 1.95 bits per heavy atom. The van der Waals surface area contributed by atoms with Crippen LogP contribution in [-0.2, 0) is 4.74 Å². The molecule has 4 nitrogen and oxygen atoms in total. The topological polar surface area (TPSA) is 55.4 Å². The highest BCUT2D eigenvalue weighted by Crippen LogP contribution is 2.26. The zero-order valence-corrected chi connectivity index (χ0v) is 12.3. The van der Waals surface area contributed by atoms with Gasteiger partial charge in [0.25, 0.3) is 0 Å². The molecule has 2 aromatic carbocycles. The summed E-state index contributed by atoms with van der Waals surface area (Å²) in [7, 11) is 1.33. The number of para-hydroxylation sites is 1. The van der Waals surface area contributed by atoms with Gasteiger partial charge in [0.05, 0.1) is 24.0 Å². The molecule has 0 aliphatic rings. The molecule has 0 aliphatic heterocycles. The van der Waals surface area contributed by atoms with Gasteiger partial charge in [0.2, 0.25) is 0 Å². The van der Waals surface area contributed by atoms with Gasteiger partial charge in [0, 0.05) is 10.0 Å². The number of benzene rings is 2. The third-order valence-electron chi connectivity index (χ3n) is 2.74. The van der Waals surface area contributed by atoms with Crippen LogP contribution in [0, 0.1) is 0 Å². The van der Waals surface area contributed by atoms with E-state index in [2.05, 4.69) is 21.2 Å². The first-order chi connectivity index (χ1) is 9.65. The van der Waals surface area contributed by atoms with E-state index in [0.29, 0.717) is 22.5 Å². The molecular weight excluding hydrogens is 322 g/mol. The largest absolute Gasteiger partial charge is 0.465 e. The molecule has 20 heavy (non-hydrogen) atoms. The Hall–Kier alpha value is -2.14. The minimum Gasteiger partial charge on any atom is -0.465 e. The lowest BCUT2D eigenvalue weighted by molar-refractivity contribution is 0.0602. The van der Waals surface area contributed by atoms with Gasteiger partial charge < -0.3 is 10.1 Å². The molecule has 5 heteroatoms. The second-order valence-corrected chi connectivity index (χ2v) is 4.93. The standard InChI is InChI=1S/C15H12BrNO3/c1-20-15(19)12-4-2-3-5-13(12)17-14-8-11(16)7-6-10(14)9-18/h2-9,17H,1H3. The van der Waals surface area contributed by atoms with Crippen LogP contribution in [0.1, 0.15) is 20.7 Å². The minimum absolute atomic E-state index is 0.409. The summed E-state index contributed by atoms with van der Waals surface area (Å²) in [6.45, 7) is 0. The molecule has 0 bridgehead atoms. The van der Waals surface area contributed by atoms with E-state index in [1.165, 1.54) is 7.11 Å². The van der Waals surface area contributed by atoms with Crippen LogP contribution in [0.5, 0.6) is 0 Å². The quantitative estimate of drug-likeness (QED) is 0.683. The molecule has 0 heterocycles. The van der Waals surface area contributed by atoms with Crippen molar-refractivity contribution in [1.29, 1.82) is 0 Å². The number of hydrogen-bond donors (Lipinski definition) is 1. The summed E-state index contributed by atoms with van der Waals surface area (Å²) in [4.78, 5) is 22.8. The lowest BCUT2D eigenvalue weighted by atomic mass is 10.1. The molecule has 1 N–H and O–H groups in total. The van der Waals surface area contributed by atoms with Crippen molar-refractivity contribution in [2.45, 2.75) is 0 Å². The van der Waals surface area contributed by atoms with Gasteiger partial charge in [-0.15, -0.1) is 0 Å².